The normalized spacial score (nSPS) is 15.2. The van der Waals surface area contributed by atoms with E-state index in [0.717, 1.165) is 51.4 Å². The molecule has 194 valence electrons. The van der Waals surface area contributed by atoms with E-state index >= 15 is 0 Å². The van der Waals surface area contributed by atoms with Crippen LogP contribution in [0.1, 0.15) is 39.5 Å². The van der Waals surface area contributed by atoms with Crippen LogP contribution in [-0.4, -0.2) is 53.9 Å². The van der Waals surface area contributed by atoms with E-state index < -0.39 is 5.97 Å². The van der Waals surface area contributed by atoms with Crippen molar-refractivity contribution < 1.29 is 14.3 Å². The number of rotatable bonds is 7. The van der Waals surface area contributed by atoms with Gasteiger partial charge in [0.2, 0.25) is 5.91 Å². The Morgan fingerprint density at radius 3 is 2.53 bits per heavy atom. The number of likely N-dealkylation sites (N-methyl/N-ethyl adjacent to an activating group) is 1. The first kappa shape index (κ1) is 25.6. The summed E-state index contributed by atoms with van der Waals surface area (Å²) in [6.45, 7) is 4.52. The lowest BCUT2D eigenvalue weighted by molar-refractivity contribution is -0.132. The number of fused-ring (bicyclic) bond motifs is 2. The minimum absolute atomic E-state index is 0.137. The molecule has 0 fully saturated rings. The quantitative estimate of drug-likeness (QED) is 0.255. The third kappa shape index (κ3) is 5.05. The summed E-state index contributed by atoms with van der Waals surface area (Å²) >= 11 is 5.77. The largest absolute Gasteiger partial charge is 0.465 e. The average molecular weight is 527 g/mol. The zero-order valence-electron chi connectivity index (χ0n) is 21.7. The molecule has 3 aromatic rings. The lowest BCUT2D eigenvalue weighted by atomic mass is 9.99. The number of hydrogen-bond acceptors (Lipinski definition) is 6. The highest BCUT2D eigenvalue weighted by molar-refractivity contribution is 7.81. The van der Waals surface area contributed by atoms with Gasteiger partial charge in [-0.25, -0.2) is 4.79 Å². The van der Waals surface area contributed by atoms with Crippen LogP contribution in [0.2, 0.25) is 0 Å². The second-order valence-electron chi connectivity index (χ2n) is 9.51. The Labute approximate surface area is 228 Å². The summed E-state index contributed by atoms with van der Waals surface area (Å²) in [7, 11) is 3.32. The molecule has 5 rings (SSSR count). The van der Waals surface area contributed by atoms with Crippen molar-refractivity contribution in [3.8, 4) is 0 Å². The Hall–Kier alpha value is -4.01. The van der Waals surface area contributed by atoms with Gasteiger partial charge in [-0.2, -0.15) is 0 Å². The first-order chi connectivity index (χ1) is 18.4. The van der Waals surface area contributed by atoms with Crippen LogP contribution in [0, 0.1) is 0 Å². The molecule has 2 aliphatic rings. The zero-order valence-corrected chi connectivity index (χ0v) is 22.5. The molecule has 1 amide bonds. The summed E-state index contributed by atoms with van der Waals surface area (Å²) in [6, 6.07) is 21.7. The molecule has 38 heavy (non-hydrogen) atoms. The lowest BCUT2D eigenvalue weighted by Crippen LogP contribution is -2.35. The van der Waals surface area contributed by atoms with Crippen LogP contribution in [0.3, 0.4) is 0 Å². The van der Waals surface area contributed by atoms with Crippen LogP contribution in [0.25, 0.3) is 11.3 Å². The van der Waals surface area contributed by atoms with Gasteiger partial charge in [-0.3, -0.25) is 9.69 Å². The van der Waals surface area contributed by atoms with Gasteiger partial charge in [-0.1, -0.05) is 61.6 Å². The van der Waals surface area contributed by atoms with Crippen LogP contribution in [0.15, 0.2) is 66.7 Å². The Bertz CT molecular complexity index is 1450. The number of nitrogens with one attached hydrogen (secondary N) is 2. The van der Waals surface area contributed by atoms with Gasteiger partial charge in [0.15, 0.2) is 0 Å². The lowest BCUT2D eigenvalue weighted by Gasteiger charge is -2.19. The van der Waals surface area contributed by atoms with E-state index in [-0.39, 0.29) is 5.91 Å². The van der Waals surface area contributed by atoms with Gasteiger partial charge >= 0.3 is 5.97 Å². The number of hydrogen-bond donors (Lipinski definition) is 2. The van der Waals surface area contributed by atoms with Gasteiger partial charge in [0.05, 0.1) is 24.9 Å². The molecular formula is C30H30N4O3S. The minimum Gasteiger partial charge on any atom is -0.465 e. The van der Waals surface area contributed by atoms with Gasteiger partial charge in [0, 0.05) is 35.6 Å². The number of carbonyl (C=O) groups excluding carboxylic acids is 2. The molecule has 0 saturated carbocycles. The predicted molar refractivity (Wildman–Crippen MR) is 155 cm³/mol. The second-order valence-corrected chi connectivity index (χ2v) is 9.92. The van der Waals surface area contributed by atoms with Crippen LogP contribution in [0.4, 0.5) is 11.4 Å². The summed E-state index contributed by atoms with van der Waals surface area (Å²) in [6.07, 6.45) is 0. The minimum atomic E-state index is -0.397. The Morgan fingerprint density at radius 1 is 1.03 bits per heavy atom. The molecule has 2 heterocycles. The second kappa shape index (κ2) is 10.8. The fourth-order valence-corrected chi connectivity index (χ4v) is 5.11. The van der Waals surface area contributed by atoms with Crippen LogP contribution >= 0.6 is 12.2 Å². The Balaban J connectivity index is 1.49. The van der Waals surface area contributed by atoms with Gasteiger partial charge in [0.1, 0.15) is 4.99 Å². The smallest absolute Gasteiger partial charge is 0.337 e. The van der Waals surface area contributed by atoms with Crippen LogP contribution in [-0.2, 0) is 22.6 Å². The van der Waals surface area contributed by atoms with E-state index in [0.29, 0.717) is 30.2 Å². The number of esters is 1. The summed E-state index contributed by atoms with van der Waals surface area (Å²) < 4.78 is 4.88. The van der Waals surface area contributed by atoms with Crippen molar-refractivity contribution in [2.24, 2.45) is 0 Å². The molecule has 0 atom stereocenters. The number of anilines is 2. The molecule has 0 unspecified atom stereocenters. The maximum absolute atomic E-state index is 12.8. The summed E-state index contributed by atoms with van der Waals surface area (Å²) in [5, 5.41) is 6.88. The van der Waals surface area contributed by atoms with E-state index in [1.165, 1.54) is 7.11 Å². The van der Waals surface area contributed by atoms with Crippen molar-refractivity contribution in [3.63, 3.8) is 0 Å². The van der Waals surface area contributed by atoms with Gasteiger partial charge < -0.3 is 20.3 Å². The first-order valence-corrected chi connectivity index (χ1v) is 13.0. The molecule has 0 aliphatic carbocycles. The molecule has 0 spiro atoms. The highest BCUT2D eigenvalue weighted by Crippen LogP contribution is 2.39. The number of ether oxygens (including phenoxy) is 1. The molecule has 0 radical (unpaired) electrons. The maximum atomic E-state index is 12.8. The number of methoxy groups -OCH3 is 1. The molecule has 0 saturated heterocycles. The fraction of sp³-hybridized carbons (Fsp3) is 0.233. The number of carbonyl (C=O) groups is 2. The van der Waals surface area contributed by atoms with Crippen LogP contribution < -0.4 is 10.6 Å². The molecule has 0 aromatic heterocycles. The maximum Gasteiger partial charge on any atom is 0.337 e. The van der Waals surface area contributed by atoms with E-state index in [1.54, 1.807) is 12.1 Å². The van der Waals surface area contributed by atoms with Gasteiger partial charge in [-0.15, -0.1) is 0 Å². The van der Waals surface area contributed by atoms with Crippen molar-refractivity contribution in [1.29, 1.82) is 0 Å². The van der Waals surface area contributed by atoms with Crippen molar-refractivity contribution in [2.75, 3.05) is 37.9 Å². The summed E-state index contributed by atoms with van der Waals surface area (Å²) in [5.74, 6) is -0.260. The predicted octanol–water partition coefficient (Wildman–Crippen LogP) is 5.00. The third-order valence-corrected chi connectivity index (χ3v) is 7.30. The van der Waals surface area contributed by atoms with E-state index in [9.17, 15) is 9.59 Å². The molecular weight excluding hydrogens is 496 g/mol. The molecule has 7 nitrogen and oxygen atoms in total. The summed E-state index contributed by atoms with van der Waals surface area (Å²) in [4.78, 5) is 29.3. The Morgan fingerprint density at radius 2 is 1.79 bits per heavy atom. The van der Waals surface area contributed by atoms with Crippen molar-refractivity contribution in [3.05, 3.63) is 94.5 Å². The third-order valence-electron chi connectivity index (χ3n) is 6.99. The topological polar surface area (TPSA) is 73.9 Å². The molecule has 2 N–H and O–H groups in total. The molecule has 3 aromatic carbocycles. The SMILES string of the molecule is CCN(C)CC(=O)N1Cc2ccc(N/C(=C3\C(=S)Nc4cc(C(=O)OC)ccc43)c3ccccc3)cc2C1. The average Bonchev–Trinajstić information content (AvgIpc) is 3.51. The molecule has 2 aliphatic heterocycles. The molecule has 8 heteroatoms. The Kier molecular flexibility index (Phi) is 7.26. The van der Waals surface area contributed by atoms with Crippen molar-refractivity contribution in [1.82, 2.24) is 9.80 Å². The van der Waals surface area contributed by atoms with Crippen LogP contribution in [0.5, 0.6) is 0 Å². The van der Waals surface area contributed by atoms with Crippen molar-refractivity contribution >= 4 is 51.7 Å². The number of amides is 1. The van der Waals surface area contributed by atoms with Crippen molar-refractivity contribution in [2.45, 2.75) is 20.0 Å². The monoisotopic (exact) mass is 526 g/mol. The zero-order chi connectivity index (χ0) is 26.8. The number of nitrogens with zero attached hydrogens (tertiary/aromatic N) is 2. The number of thiocarbonyl (C=S) groups is 1. The first-order valence-electron chi connectivity index (χ1n) is 12.6. The van der Waals surface area contributed by atoms with E-state index in [4.69, 9.17) is 17.0 Å². The molecule has 0 bridgehead atoms. The highest BCUT2D eigenvalue weighted by Gasteiger charge is 2.28. The standard InChI is InChI=1S/C30H30N4O3S/c1-4-33(2)18-26(35)34-16-21-10-12-23(14-22(21)17-34)31-28(19-8-6-5-7-9-19)27-24-13-11-20(30(36)37-3)15-25(24)32-29(27)38/h5-15,31H,4,16-18H2,1-3H3,(H,32,38)/b28-27-. The van der Waals surface area contributed by atoms with Gasteiger partial charge in [0.25, 0.3) is 0 Å². The van der Waals surface area contributed by atoms with E-state index in [1.807, 2.05) is 66.2 Å². The number of benzene rings is 3. The summed E-state index contributed by atoms with van der Waals surface area (Å²) in [5.41, 5.74) is 8.05. The fourth-order valence-electron chi connectivity index (χ4n) is 4.79. The van der Waals surface area contributed by atoms with E-state index in [2.05, 4.69) is 22.8 Å². The highest BCUT2D eigenvalue weighted by atomic mass is 32.1. The van der Waals surface area contributed by atoms with Gasteiger partial charge in [-0.05, 0) is 54.5 Å².